The second-order valence-corrected chi connectivity index (χ2v) is 6.24. The first-order valence-corrected chi connectivity index (χ1v) is 8.67. The van der Waals surface area contributed by atoms with E-state index in [0.29, 0.717) is 11.3 Å². The van der Waals surface area contributed by atoms with Crippen LogP contribution in [0.1, 0.15) is 15.9 Å². The first-order chi connectivity index (χ1) is 13.2. The Balaban J connectivity index is 1.76. The molecule has 0 unspecified atom stereocenters. The molecule has 132 valence electrons. The molecule has 5 heteroatoms. The van der Waals surface area contributed by atoms with Gasteiger partial charge < -0.3 is 0 Å². The molecule has 1 amide bonds. The molecule has 1 N–H and O–H groups in total. The van der Waals surface area contributed by atoms with Crippen molar-refractivity contribution < 1.29 is 4.79 Å². The van der Waals surface area contributed by atoms with Crippen LogP contribution in [0.15, 0.2) is 84.9 Å². The normalized spacial score (nSPS) is 10.6. The van der Waals surface area contributed by atoms with Gasteiger partial charge in [0.05, 0.1) is 0 Å². The number of aryl methyl sites for hydroxylation is 1. The van der Waals surface area contributed by atoms with E-state index in [4.69, 9.17) is 0 Å². The minimum Gasteiger partial charge on any atom is -0.267 e. The number of amides is 1. The Morgan fingerprint density at radius 1 is 0.815 bits per heavy atom. The zero-order valence-electron chi connectivity index (χ0n) is 14.8. The summed E-state index contributed by atoms with van der Waals surface area (Å²) in [5.41, 5.74) is 7.82. The first kappa shape index (κ1) is 16.7. The third-order valence-corrected chi connectivity index (χ3v) is 4.29. The van der Waals surface area contributed by atoms with Crippen LogP contribution in [0.4, 0.5) is 0 Å². The Hall–Kier alpha value is -3.73. The quantitative estimate of drug-likeness (QED) is 0.594. The molecule has 0 fully saturated rings. The molecule has 4 rings (SSSR count). The maximum Gasteiger partial charge on any atom is 0.271 e. The molecular weight excluding hydrogens is 336 g/mol. The summed E-state index contributed by atoms with van der Waals surface area (Å²) >= 11 is 0. The van der Waals surface area contributed by atoms with Gasteiger partial charge in [0.1, 0.15) is 11.4 Å². The molecule has 3 aromatic carbocycles. The zero-order chi connectivity index (χ0) is 18.6. The van der Waals surface area contributed by atoms with Gasteiger partial charge in [-0.05, 0) is 24.3 Å². The van der Waals surface area contributed by atoms with Gasteiger partial charge in [-0.1, -0.05) is 78.4 Å². The van der Waals surface area contributed by atoms with Crippen LogP contribution >= 0.6 is 0 Å². The summed E-state index contributed by atoms with van der Waals surface area (Å²) in [5.74, 6) is -0.239. The average molecular weight is 354 g/mol. The highest BCUT2D eigenvalue weighted by Gasteiger charge is 2.18. The van der Waals surface area contributed by atoms with Gasteiger partial charge in [-0.3, -0.25) is 4.79 Å². The summed E-state index contributed by atoms with van der Waals surface area (Å²) in [6.45, 7) is 1.98. The van der Waals surface area contributed by atoms with E-state index in [-0.39, 0.29) is 5.91 Å². The van der Waals surface area contributed by atoms with Crippen molar-refractivity contribution in [2.24, 2.45) is 0 Å². The van der Waals surface area contributed by atoms with E-state index in [1.165, 1.54) is 4.79 Å². The van der Waals surface area contributed by atoms with Gasteiger partial charge in [-0.2, -0.15) is 4.79 Å². The lowest BCUT2D eigenvalue weighted by Crippen LogP contribution is -2.24. The largest absolute Gasteiger partial charge is 0.271 e. The maximum absolute atomic E-state index is 12.7. The fourth-order valence-corrected chi connectivity index (χ4v) is 2.87. The van der Waals surface area contributed by atoms with Crippen LogP contribution in [0.3, 0.4) is 0 Å². The standard InChI is InChI=1S/C22H18N4O/c1-16-12-14-19(15-13-16)22(27)24-26-21(18-10-6-3-7-11-18)20(23-25-26)17-8-4-2-5-9-17/h2-15H,1H3,(H,24,27). The molecule has 0 radical (unpaired) electrons. The fourth-order valence-electron chi connectivity index (χ4n) is 2.87. The SMILES string of the molecule is Cc1ccc(C(=O)Nn2nnc(-c3ccccc3)c2-c2ccccc2)cc1. The third-order valence-electron chi connectivity index (χ3n) is 4.29. The van der Waals surface area contributed by atoms with Gasteiger partial charge in [0.15, 0.2) is 0 Å². The number of hydrogen-bond acceptors (Lipinski definition) is 3. The van der Waals surface area contributed by atoms with Crippen molar-refractivity contribution in [2.75, 3.05) is 5.43 Å². The molecule has 1 heterocycles. The van der Waals surface area contributed by atoms with Gasteiger partial charge in [0, 0.05) is 16.7 Å². The van der Waals surface area contributed by atoms with Gasteiger partial charge in [-0.15, -0.1) is 5.10 Å². The summed E-state index contributed by atoms with van der Waals surface area (Å²) in [6.07, 6.45) is 0. The highest BCUT2D eigenvalue weighted by molar-refractivity contribution is 6.00. The molecule has 0 bridgehead atoms. The molecule has 4 aromatic rings. The third kappa shape index (κ3) is 3.48. The summed E-state index contributed by atoms with van der Waals surface area (Å²) in [5, 5.41) is 8.51. The minimum atomic E-state index is -0.239. The van der Waals surface area contributed by atoms with Crippen molar-refractivity contribution in [1.29, 1.82) is 0 Å². The lowest BCUT2D eigenvalue weighted by atomic mass is 10.1. The van der Waals surface area contributed by atoms with E-state index < -0.39 is 0 Å². The summed E-state index contributed by atoms with van der Waals surface area (Å²) < 4.78 is 0. The van der Waals surface area contributed by atoms with Crippen molar-refractivity contribution in [2.45, 2.75) is 6.92 Å². The van der Waals surface area contributed by atoms with E-state index in [2.05, 4.69) is 15.7 Å². The molecule has 0 aliphatic heterocycles. The van der Waals surface area contributed by atoms with Crippen LogP contribution in [-0.2, 0) is 0 Å². The van der Waals surface area contributed by atoms with Crippen molar-refractivity contribution in [1.82, 2.24) is 15.1 Å². The molecule has 0 aliphatic carbocycles. The Morgan fingerprint density at radius 2 is 1.41 bits per heavy atom. The molecule has 0 aliphatic rings. The van der Waals surface area contributed by atoms with E-state index in [0.717, 1.165) is 22.4 Å². The highest BCUT2D eigenvalue weighted by Crippen LogP contribution is 2.29. The first-order valence-electron chi connectivity index (χ1n) is 8.67. The van der Waals surface area contributed by atoms with Gasteiger partial charge in [-0.25, -0.2) is 5.43 Å². The number of benzene rings is 3. The molecule has 27 heavy (non-hydrogen) atoms. The number of rotatable bonds is 4. The predicted octanol–water partition coefficient (Wildman–Crippen LogP) is 4.30. The summed E-state index contributed by atoms with van der Waals surface area (Å²) in [4.78, 5) is 14.1. The number of carbonyl (C=O) groups is 1. The average Bonchev–Trinajstić information content (AvgIpc) is 3.13. The molecule has 0 saturated heterocycles. The second kappa shape index (κ2) is 7.25. The van der Waals surface area contributed by atoms with E-state index in [1.54, 1.807) is 12.1 Å². The summed E-state index contributed by atoms with van der Waals surface area (Å²) in [6, 6.07) is 27.0. The van der Waals surface area contributed by atoms with E-state index >= 15 is 0 Å². The van der Waals surface area contributed by atoms with Gasteiger partial charge in [0.25, 0.3) is 5.91 Å². The lowest BCUT2D eigenvalue weighted by Gasteiger charge is -2.10. The molecule has 0 saturated carbocycles. The second-order valence-electron chi connectivity index (χ2n) is 6.24. The van der Waals surface area contributed by atoms with Crippen molar-refractivity contribution in [3.8, 4) is 22.5 Å². The Morgan fingerprint density at radius 3 is 2.04 bits per heavy atom. The Labute approximate surface area is 157 Å². The van der Waals surface area contributed by atoms with Crippen LogP contribution < -0.4 is 5.43 Å². The number of nitrogens with zero attached hydrogens (tertiary/aromatic N) is 3. The number of hydrogen-bond donors (Lipinski definition) is 1. The van der Waals surface area contributed by atoms with Gasteiger partial charge >= 0.3 is 0 Å². The van der Waals surface area contributed by atoms with Crippen molar-refractivity contribution in [3.05, 3.63) is 96.1 Å². The Kier molecular flexibility index (Phi) is 4.49. The number of aromatic nitrogens is 3. The zero-order valence-corrected chi connectivity index (χ0v) is 14.8. The van der Waals surface area contributed by atoms with Crippen LogP contribution in [0.2, 0.25) is 0 Å². The highest BCUT2D eigenvalue weighted by atomic mass is 16.2. The minimum absolute atomic E-state index is 0.239. The molecular formula is C22H18N4O. The monoisotopic (exact) mass is 354 g/mol. The maximum atomic E-state index is 12.7. The predicted molar refractivity (Wildman–Crippen MR) is 106 cm³/mol. The molecule has 5 nitrogen and oxygen atoms in total. The molecule has 0 atom stereocenters. The van der Waals surface area contributed by atoms with E-state index in [1.807, 2.05) is 79.7 Å². The van der Waals surface area contributed by atoms with Crippen molar-refractivity contribution >= 4 is 5.91 Å². The van der Waals surface area contributed by atoms with Crippen LogP contribution in [0, 0.1) is 6.92 Å². The van der Waals surface area contributed by atoms with Crippen LogP contribution in [-0.4, -0.2) is 21.0 Å². The topological polar surface area (TPSA) is 59.8 Å². The lowest BCUT2D eigenvalue weighted by molar-refractivity contribution is 0.100. The smallest absolute Gasteiger partial charge is 0.267 e. The van der Waals surface area contributed by atoms with Crippen molar-refractivity contribution in [3.63, 3.8) is 0 Å². The van der Waals surface area contributed by atoms with E-state index in [9.17, 15) is 4.79 Å². The van der Waals surface area contributed by atoms with Crippen LogP contribution in [0.25, 0.3) is 22.5 Å². The fraction of sp³-hybridized carbons (Fsp3) is 0.0455. The number of nitrogens with one attached hydrogen (secondary N) is 1. The molecule has 0 spiro atoms. The number of carbonyl (C=O) groups excluding carboxylic acids is 1. The Bertz CT molecular complexity index is 1050. The molecule has 1 aromatic heterocycles. The van der Waals surface area contributed by atoms with Crippen LogP contribution in [0.5, 0.6) is 0 Å². The van der Waals surface area contributed by atoms with Gasteiger partial charge in [0.2, 0.25) is 0 Å². The summed E-state index contributed by atoms with van der Waals surface area (Å²) in [7, 11) is 0.